The molecule has 0 spiro atoms. The van der Waals surface area contributed by atoms with E-state index in [9.17, 15) is 4.79 Å². The number of benzene rings is 1. The van der Waals surface area contributed by atoms with Crippen molar-refractivity contribution in [3.8, 4) is 5.75 Å². The zero-order valence-corrected chi connectivity index (χ0v) is 10.9. The summed E-state index contributed by atoms with van der Waals surface area (Å²) < 4.78 is 10.2. The first kappa shape index (κ1) is 13.6. The second-order valence-electron chi connectivity index (χ2n) is 3.98. The maximum Gasteiger partial charge on any atom is 0.407 e. The minimum atomic E-state index is -0.351. The van der Waals surface area contributed by atoms with E-state index in [2.05, 4.69) is 5.32 Å². The predicted molar refractivity (Wildman–Crippen MR) is 66.9 cm³/mol. The van der Waals surface area contributed by atoms with Gasteiger partial charge in [0.25, 0.3) is 0 Å². The van der Waals surface area contributed by atoms with Crippen molar-refractivity contribution in [1.82, 2.24) is 5.32 Å². The fraction of sp³-hybridized carbons (Fsp3) is 0.417. The van der Waals surface area contributed by atoms with Gasteiger partial charge in [-0.15, -0.1) is 12.4 Å². The van der Waals surface area contributed by atoms with Crippen LogP contribution in [0.5, 0.6) is 5.75 Å². The van der Waals surface area contributed by atoms with Gasteiger partial charge < -0.3 is 14.8 Å². The Hall–Kier alpha value is -1.42. The molecule has 1 aliphatic rings. The Labute approximate surface area is 107 Å². The number of aryl methyl sites for hydroxylation is 2. The zero-order chi connectivity index (χ0) is 11.7. The topological polar surface area (TPSA) is 47.6 Å². The van der Waals surface area contributed by atoms with Crippen molar-refractivity contribution in [3.63, 3.8) is 0 Å². The molecule has 1 atom stereocenters. The SMILES string of the molecule is COc1c(C)cc([C@@H]2COC(=O)N2)cc1C.Cl. The number of alkyl carbamates (subject to hydrolysis) is 1. The molecule has 5 heteroatoms. The Kier molecular flexibility index (Phi) is 4.23. The molecule has 0 bridgehead atoms. The summed E-state index contributed by atoms with van der Waals surface area (Å²) in [6.07, 6.45) is -0.351. The lowest BCUT2D eigenvalue weighted by Crippen LogP contribution is -2.18. The molecule has 4 nitrogen and oxygen atoms in total. The van der Waals surface area contributed by atoms with Crippen LogP contribution in [0.2, 0.25) is 0 Å². The van der Waals surface area contributed by atoms with Crippen molar-refractivity contribution in [3.05, 3.63) is 28.8 Å². The highest BCUT2D eigenvalue weighted by Crippen LogP contribution is 2.28. The normalized spacial score (nSPS) is 18.1. The lowest BCUT2D eigenvalue weighted by atomic mass is 10.0. The molecule has 17 heavy (non-hydrogen) atoms. The number of carbonyl (C=O) groups is 1. The standard InChI is InChI=1S/C12H15NO3.ClH/c1-7-4-9(5-8(2)11(7)15-3)10-6-16-12(14)13-10;/h4-5,10H,6H2,1-3H3,(H,13,14);1H/t10-;/m0./s1. The summed E-state index contributed by atoms with van der Waals surface area (Å²) in [6.45, 7) is 4.38. The van der Waals surface area contributed by atoms with Crippen molar-refractivity contribution in [1.29, 1.82) is 0 Å². The van der Waals surface area contributed by atoms with Crippen LogP contribution in [0.1, 0.15) is 22.7 Å². The van der Waals surface area contributed by atoms with Gasteiger partial charge >= 0.3 is 6.09 Å². The van der Waals surface area contributed by atoms with Crippen LogP contribution in [0.3, 0.4) is 0 Å². The number of hydrogen-bond donors (Lipinski definition) is 1. The van der Waals surface area contributed by atoms with Crippen molar-refractivity contribution in [2.45, 2.75) is 19.9 Å². The van der Waals surface area contributed by atoms with E-state index >= 15 is 0 Å². The third-order valence-corrected chi connectivity index (χ3v) is 2.76. The molecule has 0 radical (unpaired) electrons. The van der Waals surface area contributed by atoms with E-state index in [0.717, 1.165) is 22.4 Å². The van der Waals surface area contributed by atoms with Crippen LogP contribution in [0, 0.1) is 13.8 Å². The molecule has 0 unspecified atom stereocenters. The van der Waals surface area contributed by atoms with E-state index in [4.69, 9.17) is 9.47 Å². The number of amides is 1. The van der Waals surface area contributed by atoms with Gasteiger partial charge in [-0.25, -0.2) is 4.79 Å². The number of cyclic esters (lactones) is 1. The second-order valence-corrected chi connectivity index (χ2v) is 3.98. The molecule has 1 aromatic rings. The summed E-state index contributed by atoms with van der Waals surface area (Å²) >= 11 is 0. The molecule has 2 rings (SSSR count). The summed E-state index contributed by atoms with van der Waals surface area (Å²) in [5, 5.41) is 2.76. The quantitative estimate of drug-likeness (QED) is 0.886. The number of rotatable bonds is 2. The largest absolute Gasteiger partial charge is 0.496 e. The second kappa shape index (κ2) is 5.27. The third-order valence-electron chi connectivity index (χ3n) is 2.76. The van der Waals surface area contributed by atoms with Gasteiger partial charge in [0.05, 0.1) is 13.2 Å². The monoisotopic (exact) mass is 257 g/mol. The summed E-state index contributed by atoms with van der Waals surface area (Å²) in [7, 11) is 1.66. The van der Waals surface area contributed by atoms with E-state index < -0.39 is 0 Å². The lowest BCUT2D eigenvalue weighted by Gasteiger charge is -2.14. The fourth-order valence-electron chi connectivity index (χ4n) is 2.07. The van der Waals surface area contributed by atoms with E-state index in [0.29, 0.717) is 6.61 Å². The molecule has 1 aliphatic heterocycles. The summed E-state index contributed by atoms with van der Waals surface area (Å²) in [4.78, 5) is 11.0. The van der Waals surface area contributed by atoms with Crippen LogP contribution in [0.15, 0.2) is 12.1 Å². The molecule has 0 saturated carbocycles. The number of nitrogens with one attached hydrogen (secondary N) is 1. The van der Waals surface area contributed by atoms with Gasteiger partial charge in [0.2, 0.25) is 0 Å². The molecule has 0 aromatic heterocycles. The molecule has 94 valence electrons. The average molecular weight is 258 g/mol. The highest BCUT2D eigenvalue weighted by molar-refractivity contribution is 5.85. The van der Waals surface area contributed by atoms with Crippen molar-refractivity contribution in [2.75, 3.05) is 13.7 Å². The van der Waals surface area contributed by atoms with Crippen LogP contribution in [-0.2, 0) is 4.74 Å². The van der Waals surface area contributed by atoms with Crippen LogP contribution >= 0.6 is 12.4 Å². The van der Waals surface area contributed by atoms with Crippen LogP contribution in [0.25, 0.3) is 0 Å². The van der Waals surface area contributed by atoms with Crippen molar-refractivity contribution < 1.29 is 14.3 Å². The number of hydrogen-bond acceptors (Lipinski definition) is 3. The number of ether oxygens (including phenoxy) is 2. The first-order valence-electron chi connectivity index (χ1n) is 5.20. The first-order chi connectivity index (χ1) is 7.61. The lowest BCUT2D eigenvalue weighted by molar-refractivity contribution is 0.177. The van der Waals surface area contributed by atoms with Crippen molar-refractivity contribution in [2.24, 2.45) is 0 Å². The molecular formula is C12H16ClNO3. The Bertz CT molecular complexity index is 411. The van der Waals surface area contributed by atoms with Crippen LogP contribution in [0.4, 0.5) is 4.79 Å². The van der Waals surface area contributed by atoms with Gasteiger partial charge in [-0.3, -0.25) is 0 Å². The summed E-state index contributed by atoms with van der Waals surface area (Å²) in [6, 6.07) is 3.99. The minimum Gasteiger partial charge on any atom is -0.496 e. The van der Waals surface area contributed by atoms with Gasteiger partial charge in [-0.05, 0) is 30.5 Å². The third kappa shape index (κ3) is 2.64. The predicted octanol–water partition coefficient (Wildman–Crippen LogP) is 2.51. The molecule has 1 saturated heterocycles. The Morgan fingerprint density at radius 1 is 1.35 bits per heavy atom. The minimum absolute atomic E-state index is 0. The van der Waals surface area contributed by atoms with Crippen molar-refractivity contribution >= 4 is 18.5 Å². The highest BCUT2D eigenvalue weighted by atomic mass is 35.5. The van der Waals surface area contributed by atoms with Crippen LogP contribution < -0.4 is 10.1 Å². The zero-order valence-electron chi connectivity index (χ0n) is 10.1. The maximum absolute atomic E-state index is 11.0. The summed E-state index contributed by atoms with van der Waals surface area (Å²) in [5.74, 6) is 0.897. The van der Waals surface area contributed by atoms with Gasteiger partial charge in [0.1, 0.15) is 12.4 Å². The Morgan fingerprint density at radius 2 is 1.94 bits per heavy atom. The number of methoxy groups -OCH3 is 1. The Balaban J connectivity index is 0.00000144. The first-order valence-corrected chi connectivity index (χ1v) is 5.20. The number of carbonyl (C=O) groups excluding carboxylic acids is 1. The molecule has 1 amide bonds. The van der Waals surface area contributed by atoms with E-state index in [-0.39, 0.29) is 24.5 Å². The van der Waals surface area contributed by atoms with E-state index in [1.165, 1.54) is 0 Å². The van der Waals surface area contributed by atoms with Crippen LogP contribution in [-0.4, -0.2) is 19.8 Å². The maximum atomic E-state index is 11.0. The van der Waals surface area contributed by atoms with E-state index in [1.807, 2.05) is 26.0 Å². The smallest absolute Gasteiger partial charge is 0.407 e. The van der Waals surface area contributed by atoms with E-state index in [1.54, 1.807) is 7.11 Å². The van der Waals surface area contributed by atoms with Gasteiger partial charge in [0, 0.05) is 0 Å². The molecule has 1 aromatic carbocycles. The molecular weight excluding hydrogens is 242 g/mol. The van der Waals surface area contributed by atoms with Gasteiger partial charge in [0.15, 0.2) is 0 Å². The van der Waals surface area contributed by atoms with Gasteiger partial charge in [-0.2, -0.15) is 0 Å². The molecule has 1 fully saturated rings. The average Bonchev–Trinajstić information content (AvgIpc) is 2.64. The van der Waals surface area contributed by atoms with Gasteiger partial charge in [-0.1, -0.05) is 12.1 Å². The molecule has 0 aliphatic carbocycles. The summed E-state index contributed by atoms with van der Waals surface area (Å²) in [5.41, 5.74) is 3.19. The molecule has 1 heterocycles. The Morgan fingerprint density at radius 3 is 2.35 bits per heavy atom. The fourth-order valence-corrected chi connectivity index (χ4v) is 2.07. The number of halogens is 1. The molecule has 1 N–H and O–H groups in total. The highest BCUT2D eigenvalue weighted by Gasteiger charge is 2.24.